The van der Waals surface area contributed by atoms with Crippen LogP contribution >= 0.6 is 22.9 Å². The van der Waals surface area contributed by atoms with Gasteiger partial charge in [0.1, 0.15) is 10.9 Å². The number of fused-ring (bicyclic) bond motifs is 1. The Hall–Kier alpha value is -1.80. The fourth-order valence-corrected chi connectivity index (χ4v) is 3.38. The second-order valence-electron chi connectivity index (χ2n) is 4.15. The summed E-state index contributed by atoms with van der Waals surface area (Å²) in [6.07, 6.45) is -0.733. The van der Waals surface area contributed by atoms with Crippen molar-refractivity contribution in [3.8, 4) is 0 Å². The van der Waals surface area contributed by atoms with Gasteiger partial charge in [0.25, 0.3) is 0 Å². The number of alkyl halides is 1. The van der Waals surface area contributed by atoms with E-state index < -0.39 is 18.0 Å². The molecule has 108 valence electrons. The maximum atomic E-state index is 11.3. The molecule has 1 aliphatic rings. The van der Waals surface area contributed by atoms with E-state index in [0.717, 1.165) is 11.3 Å². The SMILES string of the molecule is O=C(CCl)Nc1sc2c(c1C(=O)O)CCN(C(=O)O)C2. The highest BCUT2D eigenvalue weighted by molar-refractivity contribution is 7.17. The summed E-state index contributed by atoms with van der Waals surface area (Å²) in [6.45, 7) is 0.370. The molecule has 0 fully saturated rings. The number of carbonyl (C=O) groups is 3. The zero-order chi connectivity index (χ0) is 14.9. The molecule has 2 rings (SSSR count). The smallest absolute Gasteiger partial charge is 0.407 e. The van der Waals surface area contributed by atoms with E-state index in [9.17, 15) is 19.5 Å². The van der Waals surface area contributed by atoms with E-state index in [1.807, 2.05) is 0 Å². The number of nitrogens with one attached hydrogen (secondary N) is 1. The van der Waals surface area contributed by atoms with Gasteiger partial charge in [-0.3, -0.25) is 4.79 Å². The van der Waals surface area contributed by atoms with Crippen molar-refractivity contribution in [2.24, 2.45) is 0 Å². The summed E-state index contributed by atoms with van der Waals surface area (Å²) in [6, 6.07) is 0. The Labute approximate surface area is 122 Å². The maximum Gasteiger partial charge on any atom is 0.407 e. The molecule has 7 nitrogen and oxygen atoms in total. The summed E-state index contributed by atoms with van der Waals surface area (Å²) in [7, 11) is 0. The Kier molecular flexibility index (Phi) is 4.15. The van der Waals surface area contributed by atoms with Crippen LogP contribution in [0.4, 0.5) is 9.80 Å². The van der Waals surface area contributed by atoms with Crippen molar-refractivity contribution < 1.29 is 24.6 Å². The molecule has 20 heavy (non-hydrogen) atoms. The third kappa shape index (κ3) is 2.70. The number of thiophene rings is 1. The minimum absolute atomic E-state index is 0.0357. The van der Waals surface area contributed by atoms with Crippen LogP contribution in [0.25, 0.3) is 0 Å². The van der Waals surface area contributed by atoms with Crippen LogP contribution in [0.1, 0.15) is 20.8 Å². The van der Waals surface area contributed by atoms with Gasteiger partial charge in [0.05, 0.1) is 12.1 Å². The summed E-state index contributed by atoms with van der Waals surface area (Å²) in [5.74, 6) is -1.91. The van der Waals surface area contributed by atoms with Crippen LogP contribution in [0.3, 0.4) is 0 Å². The fourth-order valence-electron chi connectivity index (χ4n) is 2.04. The summed E-state index contributed by atoms with van der Waals surface area (Å²) in [5.41, 5.74) is 0.623. The van der Waals surface area contributed by atoms with Gasteiger partial charge in [-0.25, -0.2) is 9.59 Å². The van der Waals surface area contributed by atoms with Gasteiger partial charge in [-0.1, -0.05) is 0 Å². The lowest BCUT2D eigenvalue weighted by Crippen LogP contribution is -2.34. The molecule has 0 radical (unpaired) electrons. The van der Waals surface area contributed by atoms with Gasteiger partial charge in [-0.2, -0.15) is 0 Å². The highest BCUT2D eigenvalue weighted by Gasteiger charge is 2.29. The number of carboxylic acid groups (broad SMARTS) is 2. The van der Waals surface area contributed by atoms with E-state index in [2.05, 4.69) is 5.32 Å². The van der Waals surface area contributed by atoms with Crippen LogP contribution in [-0.4, -0.2) is 45.5 Å². The molecule has 2 heterocycles. The third-order valence-corrected chi connectivity index (χ3v) is 4.29. The molecular formula is C11H11ClN2O5S. The van der Waals surface area contributed by atoms with Crippen LogP contribution < -0.4 is 5.32 Å². The molecule has 3 N–H and O–H groups in total. The summed E-state index contributed by atoms with van der Waals surface area (Å²) >= 11 is 6.46. The number of carboxylic acids is 1. The number of hydrogen-bond donors (Lipinski definition) is 3. The lowest BCUT2D eigenvalue weighted by atomic mass is 10.0. The molecule has 9 heteroatoms. The van der Waals surface area contributed by atoms with E-state index in [-0.39, 0.29) is 29.5 Å². The number of aromatic carboxylic acids is 1. The molecule has 0 saturated heterocycles. The van der Waals surface area contributed by atoms with Gasteiger partial charge in [0.15, 0.2) is 0 Å². The van der Waals surface area contributed by atoms with Gasteiger partial charge >= 0.3 is 12.1 Å². The molecular weight excluding hydrogens is 308 g/mol. The molecule has 0 aliphatic carbocycles. The topological polar surface area (TPSA) is 107 Å². The first-order valence-electron chi connectivity index (χ1n) is 5.65. The van der Waals surface area contributed by atoms with Gasteiger partial charge in [-0.15, -0.1) is 22.9 Å². The second kappa shape index (κ2) is 5.68. The van der Waals surface area contributed by atoms with Gasteiger partial charge in [0, 0.05) is 11.4 Å². The minimum atomic E-state index is -1.14. The molecule has 0 unspecified atom stereocenters. The molecule has 0 atom stereocenters. The van der Waals surface area contributed by atoms with E-state index >= 15 is 0 Å². The summed E-state index contributed by atoms with van der Waals surface area (Å²) in [5, 5.41) is 20.9. The van der Waals surface area contributed by atoms with Crippen LogP contribution in [0.15, 0.2) is 0 Å². The van der Waals surface area contributed by atoms with Crippen molar-refractivity contribution >= 4 is 45.9 Å². The van der Waals surface area contributed by atoms with Gasteiger partial charge < -0.3 is 20.4 Å². The summed E-state index contributed by atoms with van der Waals surface area (Å²) < 4.78 is 0. The quantitative estimate of drug-likeness (QED) is 0.735. The van der Waals surface area contributed by atoms with Crippen LogP contribution in [-0.2, 0) is 17.8 Å². The van der Waals surface area contributed by atoms with Crippen molar-refractivity contribution in [2.75, 3.05) is 17.7 Å². The van der Waals surface area contributed by atoms with Crippen LogP contribution in [0, 0.1) is 0 Å². The van der Waals surface area contributed by atoms with Crippen molar-refractivity contribution in [3.05, 3.63) is 16.0 Å². The normalized spacial score (nSPS) is 13.8. The molecule has 1 aromatic rings. The predicted molar refractivity (Wildman–Crippen MR) is 72.8 cm³/mol. The molecule has 1 aromatic heterocycles. The van der Waals surface area contributed by atoms with Crippen molar-refractivity contribution in [3.63, 3.8) is 0 Å². The second-order valence-corrected chi connectivity index (χ2v) is 5.52. The zero-order valence-corrected chi connectivity index (χ0v) is 11.8. The minimum Gasteiger partial charge on any atom is -0.478 e. The first-order valence-corrected chi connectivity index (χ1v) is 7.00. The Morgan fingerprint density at radius 1 is 1.35 bits per heavy atom. The Balaban J connectivity index is 2.38. The molecule has 0 saturated carbocycles. The maximum absolute atomic E-state index is 11.3. The molecule has 1 aliphatic heterocycles. The van der Waals surface area contributed by atoms with Crippen molar-refractivity contribution in [1.29, 1.82) is 0 Å². The Morgan fingerprint density at radius 2 is 2.05 bits per heavy atom. The Morgan fingerprint density at radius 3 is 2.60 bits per heavy atom. The van der Waals surface area contributed by atoms with E-state index in [0.29, 0.717) is 16.9 Å². The number of carbonyl (C=O) groups excluding carboxylic acids is 1. The zero-order valence-electron chi connectivity index (χ0n) is 10.2. The highest BCUT2D eigenvalue weighted by atomic mass is 35.5. The number of anilines is 1. The molecule has 0 bridgehead atoms. The largest absolute Gasteiger partial charge is 0.478 e. The van der Waals surface area contributed by atoms with Crippen LogP contribution in [0.5, 0.6) is 0 Å². The monoisotopic (exact) mass is 318 g/mol. The fraction of sp³-hybridized carbons (Fsp3) is 0.364. The average Bonchev–Trinajstić information content (AvgIpc) is 2.74. The van der Waals surface area contributed by atoms with E-state index in [4.69, 9.17) is 16.7 Å². The molecule has 0 spiro atoms. The van der Waals surface area contributed by atoms with Crippen LogP contribution in [0.2, 0.25) is 0 Å². The van der Waals surface area contributed by atoms with E-state index in [1.165, 1.54) is 4.90 Å². The molecule has 0 aromatic carbocycles. The first kappa shape index (κ1) is 14.6. The lowest BCUT2D eigenvalue weighted by Gasteiger charge is -2.24. The van der Waals surface area contributed by atoms with Crippen molar-refractivity contribution in [1.82, 2.24) is 4.90 Å². The highest BCUT2D eigenvalue weighted by Crippen LogP contribution is 2.37. The average molecular weight is 319 g/mol. The Bertz CT molecular complexity index is 586. The predicted octanol–water partition coefficient (Wildman–Crippen LogP) is 1.66. The van der Waals surface area contributed by atoms with Gasteiger partial charge in [0.2, 0.25) is 5.91 Å². The number of amides is 2. The number of hydrogen-bond acceptors (Lipinski definition) is 4. The van der Waals surface area contributed by atoms with E-state index in [1.54, 1.807) is 0 Å². The number of rotatable bonds is 3. The standard InChI is InChI=1S/C11H11ClN2O5S/c12-3-7(15)13-9-8(10(16)17)5-1-2-14(11(18)19)4-6(5)20-9/h1-4H2,(H,13,15)(H,16,17)(H,18,19). The molecule has 2 amide bonds. The number of halogens is 1. The van der Waals surface area contributed by atoms with Crippen molar-refractivity contribution in [2.45, 2.75) is 13.0 Å². The first-order chi connectivity index (χ1) is 9.43. The summed E-state index contributed by atoms with van der Waals surface area (Å²) in [4.78, 5) is 35.4. The number of nitrogens with zero attached hydrogens (tertiary/aromatic N) is 1. The lowest BCUT2D eigenvalue weighted by molar-refractivity contribution is -0.113. The van der Waals surface area contributed by atoms with Gasteiger partial charge in [-0.05, 0) is 12.0 Å². The third-order valence-electron chi connectivity index (χ3n) is 2.92.